The van der Waals surface area contributed by atoms with Crippen LogP contribution in [-0.2, 0) is 30.6 Å². The van der Waals surface area contributed by atoms with E-state index < -0.39 is 35.3 Å². The first-order valence-electron chi connectivity index (χ1n) is 14.2. The molecule has 2 aromatic carbocycles. The number of rotatable bonds is 11. The first kappa shape index (κ1) is 30.7. The number of thiazole rings is 1. The van der Waals surface area contributed by atoms with E-state index in [1.807, 2.05) is 60.7 Å². The molecule has 11 nitrogen and oxygen atoms in total. The van der Waals surface area contributed by atoms with E-state index in [1.54, 1.807) is 35.9 Å². The molecular formula is C33H28N6O5S2. The summed E-state index contributed by atoms with van der Waals surface area (Å²) in [6, 6.07) is 23.1. The van der Waals surface area contributed by atoms with Gasteiger partial charge in [0.25, 0.3) is 11.8 Å². The fraction of sp³-hybridized carbons (Fsp3) is 0.152. The summed E-state index contributed by atoms with van der Waals surface area (Å²) in [5.74, 6) is -1.44. The number of β-lactam (4-membered cyclic amide) rings is 1. The number of benzene rings is 2. The Morgan fingerprint density at radius 2 is 1.78 bits per heavy atom. The van der Waals surface area contributed by atoms with E-state index in [-0.39, 0.29) is 28.8 Å². The summed E-state index contributed by atoms with van der Waals surface area (Å²) in [4.78, 5) is 56.1. The standard InChI is InChI=1S/C33H28N6O5S2/c1-2-20-18-45-31-26(37-29(40)25(24-19-46-33(34)36-24)38-43-17-23-15-9-10-16-35-23)30(41)39(31)27(20)32(42)44-28(21-11-5-3-6-12-21)22-13-7-4-8-14-22/h2-16,19,26,28,31H,1,17-18H2,(H2,34,36)(H,37,40)/t26?,31-/m1/s1. The molecule has 2 atom stereocenters. The third kappa shape index (κ3) is 6.41. The van der Waals surface area contributed by atoms with Crippen LogP contribution < -0.4 is 11.1 Å². The van der Waals surface area contributed by atoms with Gasteiger partial charge in [0.2, 0.25) is 0 Å². The van der Waals surface area contributed by atoms with E-state index >= 15 is 0 Å². The lowest BCUT2D eigenvalue weighted by molar-refractivity contribution is -0.154. The van der Waals surface area contributed by atoms with Gasteiger partial charge in [-0.05, 0) is 28.8 Å². The Kier molecular flexibility index (Phi) is 9.22. The van der Waals surface area contributed by atoms with Gasteiger partial charge in [-0.15, -0.1) is 23.1 Å². The summed E-state index contributed by atoms with van der Waals surface area (Å²) in [6.45, 7) is 3.87. The van der Waals surface area contributed by atoms with Gasteiger partial charge in [-0.3, -0.25) is 19.5 Å². The maximum atomic E-state index is 13.8. The number of ether oxygens (including phenoxy) is 1. The second-order valence-electron chi connectivity index (χ2n) is 10.2. The number of hydrogen-bond acceptors (Lipinski definition) is 11. The minimum atomic E-state index is -0.942. The van der Waals surface area contributed by atoms with Crippen molar-refractivity contribution in [2.75, 3.05) is 11.5 Å². The Balaban J connectivity index is 1.21. The van der Waals surface area contributed by atoms with E-state index in [0.29, 0.717) is 17.0 Å². The number of pyridine rings is 1. The molecule has 2 aliphatic heterocycles. The Hall–Kier alpha value is -5.27. The Bertz CT molecular complexity index is 1770. The van der Waals surface area contributed by atoms with Gasteiger partial charge in [-0.25, -0.2) is 9.78 Å². The molecule has 0 bridgehead atoms. The zero-order valence-corrected chi connectivity index (χ0v) is 25.9. The molecule has 232 valence electrons. The minimum absolute atomic E-state index is 0.0133. The first-order valence-corrected chi connectivity index (χ1v) is 16.1. The molecular weight excluding hydrogens is 625 g/mol. The number of fused-ring (bicyclic) bond motifs is 1. The SMILES string of the molecule is C=CC1=C(C(=O)OC(c2ccccc2)c2ccccc2)N2C(=O)C(NC(=O)C(=NOCc3ccccn3)c3csc(N)n3)[C@H]2SC1. The minimum Gasteiger partial charge on any atom is -0.448 e. The van der Waals surface area contributed by atoms with Crippen molar-refractivity contribution in [3.05, 3.63) is 137 Å². The van der Waals surface area contributed by atoms with Crippen LogP contribution in [0.25, 0.3) is 0 Å². The fourth-order valence-corrected chi connectivity index (χ4v) is 6.88. The number of carbonyl (C=O) groups is 3. The average Bonchev–Trinajstić information content (AvgIpc) is 3.53. The molecule has 46 heavy (non-hydrogen) atoms. The van der Waals surface area contributed by atoms with Crippen LogP contribution >= 0.6 is 23.1 Å². The zero-order valence-electron chi connectivity index (χ0n) is 24.3. The van der Waals surface area contributed by atoms with Gasteiger partial charge in [0.15, 0.2) is 23.6 Å². The van der Waals surface area contributed by atoms with Crippen LogP contribution in [0.4, 0.5) is 5.13 Å². The lowest BCUT2D eigenvalue weighted by Crippen LogP contribution is -2.71. The largest absolute Gasteiger partial charge is 0.448 e. The lowest BCUT2D eigenvalue weighted by Gasteiger charge is -2.49. The quantitative estimate of drug-likeness (QED) is 0.105. The molecule has 2 amide bonds. The smallest absolute Gasteiger partial charge is 0.356 e. The molecule has 2 aliphatic rings. The number of oxime groups is 1. The number of thioether (sulfide) groups is 1. The molecule has 0 spiro atoms. The van der Waals surface area contributed by atoms with Crippen molar-refractivity contribution in [1.82, 2.24) is 20.2 Å². The summed E-state index contributed by atoms with van der Waals surface area (Å²) >= 11 is 2.54. The van der Waals surface area contributed by atoms with Gasteiger partial charge in [0, 0.05) is 17.3 Å². The number of allylic oxidation sites excluding steroid dienone is 1. The molecule has 0 radical (unpaired) electrons. The summed E-state index contributed by atoms with van der Waals surface area (Å²) in [5, 5.41) is 8.03. The molecule has 0 aliphatic carbocycles. The number of carbonyl (C=O) groups excluding carboxylic acids is 3. The number of nitrogens with two attached hydrogens (primary N) is 1. The van der Waals surface area contributed by atoms with E-state index in [9.17, 15) is 14.4 Å². The monoisotopic (exact) mass is 652 g/mol. The van der Waals surface area contributed by atoms with Crippen molar-refractivity contribution in [3.8, 4) is 0 Å². The third-order valence-corrected chi connectivity index (χ3v) is 9.20. The predicted octanol–water partition coefficient (Wildman–Crippen LogP) is 4.21. The van der Waals surface area contributed by atoms with E-state index in [1.165, 1.54) is 16.7 Å². The number of nitrogen functional groups attached to an aromatic ring is 1. The molecule has 4 aromatic rings. The number of esters is 1. The molecule has 1 saturated heterocycles. The predicted molar refractivity (Wildman–Crippen MR) is 175 cm³/mol. The number of amides is 2. The maximum Gasteiger partial charge on any atom is 0.356 e. The number of nitrogens with one attached hydrogen (secondary N) is 1. The van der Waals surface area contributed by atoms with Crippen molar-refractivity contribution in [1.29, 1.82) is 0 Å². The van der Waals surface area contributed by atoms with Crippen molar-refractivity contribution in [2.45, 2.75) is 24.1 Å². The number of anilines is 1. The second-order valence-corrected chi connectivity index (χ2v) is 12.1. The van der Waals surface area contributed by atoms with Crippen LogP contribution in [0.2, 0.25) is 0 Å². The van der Waals surface area contributed by atoms with Crippen LogP contribution in [0.5, 0.6) is 0 Å². The molecule has 0 saturated carbocycles. The van der Waals surface area contributed by atoms with Crippen molar-refractivity contribution < 1.29 is 24.0 Å². The number of nitrogens with zero attached hydrogens (tertiary/aromatic N) is 4. The lowest BCUT2D eigenvalue weighted by atomic mass is 10.0. The molecule has 1 fully saturated rings. The molecule has 1 unspecified atom stereocenters. The third-order valence-electron chi connectivity index (χ3n) is 7.23. The summed E-state index contributed by atoms with van der Waals surface area (Å²) in [5.41, 5.74) is 8.70. The van der Waals surface area contributed by atoms with Gasteiger partial charge in [0.1, 0.15) is 22.8 Å². The Labute approximate surface area is 272 Å². The van der Waals surface area contributed by atoms with Gasteiger partial charge < -0.3 is 20.6 Å². The zero-order chi connectivity index (χ0) is 32.0. The molecule has 13 heteroatoms. The van der Waals surface area contributed by atoms with Crippen LogP contribution in [0.1, 0.15) is 28.6 Å². The molecule has 3 N–H and O–H groups in total. The van der Waals surface area contributed by atoms with E-state index in [2.05, 4.69) is 27.0 Å². The normalized spacial score (nSPS) is 17.6. The summed E-state index contributed by atoms with van der Waals surface area (Å²) < 4.78 is 6.10. The highest BCUT2D eigenvalue weighted by Gasteiger charge is 2.54. The molecule has 6 rings (SSSR count). The first-order chi connectivity index (χ1) is 22.4. The van der Waals surface area contributed by atoms with E-state index in [4.69, 9.17) is 15.3 Å². The van der Waals surface area contributed by atoms with Crippen molar-refractivity contribution >= 4 is 51.7 Å². The van der Waals surface area contributed by atoms with Gasteiger partial charge in [-0.1, -0.05) is 84.5 Å². The van der Waals surface area contributed by atoms with E-state index in [0.717, 1.165) is 22.5 Å². The summed E-state index contributed by atoms with van der Waals surface area (Å²) in [6.07, 6.45) is 2.46. The fourth-order valence-electron chi connectivity index (χ4n) is 4.99. The molecule has 4 heterocycles. The molecule has 2 aromatic heterocycles. The highest BCUT2D eigenvalue weighted by atomic mass is 32.2. The van der Waals surface area contributed by atoms with Gasteiger partial charge in [0.05, 0.1) is 5.69 Å². The van der Waals surface area contributed by atoms with Crippen molar-refractivity contribution in [2.24, 2.45) is 5.16 Å². The topological polar surface area (TPSA) is 149 Å². The Morgan fingerprint density at radius 3 is 2.39 bits per heavy atom. The van der Waals surface area contributed by atoms with Gasteiger partial charge in [-0.2, -0.15) is 0 Å². The summed E-state index contributed by atoms with van der Waals surface area (Å²) in [7, 11) is 0. The maximum absolute atomic E-state index is 13.8. The number of aromatic nitrogens is 2. The van der Waals surface area contributed by atoms with Crippen LogP contribution in [-0.4, -0.2) is 55.5 Å². The van der Waals surface area contributed by atoms with Crippen LogP contribution in [0.15, 0.2) is 120 Å². The van der Waals surface area contributed by atoms with Crippen molar-refractivity contribution in [3.63, 3.8) is 0 Å². The van der Waals surface area contributed by atoms with Crippen LogP contribution in [0.3, 0.4) is 0 Å². The number of hydrogen-bond donors (Lipinski definition) is 2. The second kappa shape index (κ2) is 13.8. The van der Waals surface area contributed by atoms with Crippen LogP contribution in [0, 0.1) is 0 Å². The highest BCUT2D eigenvalue weighted by molar-refractivity contribution is 8.00. The average molecular weight is 653 g/mol. The van der Waals surface area contributed by atoms with Gasteiger partial charge >= 0.3 is 5.97 Å². The highest BCUT2D eigenvalue weighted by Crippen LogP contribution is 2.42. The Morgan fingerprint density at radius 1 is 1.09 bits per heavy atom.